The topological polar surface area (TPSA) is 69.7 Å². The van der Waals surface area contributed by atoms with Crippen LogP contribution >= 0.6 is 0 Å². The van der Waals surface area contributed by atoms with E-state index in [1.54, 1.807) is 18.2 Å². The van der Waals surface area contributed by atoms with Gasteiger partial charge in [0.1, 0.15) is 0 Å². The number of carbonyl (C=O) groups is 1. The summed E-state index contributed by atoms with van der Waals surface area (Å²) in [5.41, 5.74) is 3.26. The largest absolute Gasteiger partial charge is 0.378 e. The quantitative estimate of drug-likeness (QED) is 0.808. The van der Waals surface area contributed by atoms with Crippen LogP contribution in [0.25, 0.3) is 0 Å². The van der Waals surface area contributed by atoms with Gasteiger partial charge in [0.15, 0.2) is 0 Å². The first kappa shape index (κ1) is 19.8. The first-order chi connectivity index (χ1) is 12.2. The van der Waals surface area contributed by atoms with Gasteiger partial charge in [0.25, 0.3) is 0 Å². The highest BCUT2D eigenvalue weighted by molar-refractivity contribution is 7.92. The van der Waals surface area contributed by atoms with Gasteiger partial charge in [0.2, 0.25) is 15.9 Å². The van der Waals surface area contributed by atoms with E-state index in [4.69, 9.17) is 0 Å². The van der Waals surface area contributed by atoms with Gasteiger partial charge in [0, 0.05) is 38.4 Å². The van der Waals surface area contributed by atoms with E-state index in [1.165, 1.54) is 4.31 Å². The molecule has 0 unspecified atom stereocenters. The Morgan fingerprint density at radius 2 is 1.65 bits per heavy atom. The molecular weight excluding hydrogens is 350 g/mol. The number of carbonyl (C=O) groups excluding carboxylic acids is 1. The van der Waals surface area contributed by atoms with Gasteiger partial charge in [-0.25, -0.2) is 8.42 Å². The van der Waals surface area contributed by atoms with Gasteiger partial charge in [0.05, 0.1) is 11.9 Å². The van der Waals surface area contributed by atoms with Crippen molar-refractivity contribution >= 4 is 33.0 Å². The number of hydrogen-bond acceptors (Lipinski definition) is 4. The molecule has 0 aliphatic rings. The van der Waals surface area contributed by atoms with E-state index in [-0.39, 0.29) is 18.9 Å². The molecule has 6 nitrogen and oxygen atoms in total. The van der Waals surface area contributed by atoms with Crippen LogP contribution in [0.2, 0.25) is 0 Å². The minimum Gasteiger partial charge on any atom is -0.378 e. The lowest BCUT2D eigenvalue weighted by atomic mass is 10.2. The van der Waals surface area contributed by atoms with Crippen molar-refractivity contribution in [1.29, 1.82) is 0 Å². The Morgan fingerprint density at radius 3 is 2.19 bits per heavy atom. The smallest absolute Gasteiger partial charge is 0.232 e. The van der Waals surface area contributed by atoms with E-state index >= 15 is 0 Å². The average molecular weight is 375 g/mol. The van der Waals surface area contributed by atoms with Crippen LogP contribution in [0, 0.1) is 6.92 Å². The van der Waals surface area contributed by atoms with Crippen LogP contribution < -0.4 is 14.5 Å². The van der Waals surface area contributed by atoms with Gasteiger partial charge in [-0.3, -0.25) is 9.10 Å². The lowest BCUT2D eigenvalue weighted by Crippen LogP contribution is -2.33. The third kappa shape index (κ3) is 5.49. The van der Waals surface area contributed by atoms with Crippen LogP contribution in [-0.2, 0) is 14.8 Å². The van der Waals surface area contributed by atoms with Crippen LogP contribution in [-0.4, -0.2) is 41.2 Å². The Labute approximate surface area is 155 Å². The fourth-order valence-corrected chi connectivity index (χ4v) is 3.48. The maximum absolute atomic E-state index is 12.2. The summed E-state index contributed by atoms with van der Waals surface area (Å²) in [6.45, 7) is 2.02. The lowest BCUT2D eigenvalue weighted by molar-refractivity contribution is -0.116. The zero-order valence-corrected chi connectivity index (χ0v) is 16.4. The van der Waals surface area contributed by atoms with E-state index in [0.717, 1.165) is 17.5 Å². The summed E-state index contributed by atoms with van der Waals surface area (Å²) in [5.74, 6) is -0.228. The minimum absolute atomic E-state index is 0.0659. The molecule has 0 aromatic heterocycles. The number of anilines is 3. The number of hydrogen-bond donors (Lipinski definition) is 1. The fourth-order valence-electron chi connectivity index (χ4n) is 2.55. The molecule has 26 heavy (non-hydrogen) atoms. The molecule has 0 heterocycles. The molecule has 1 N–H and O–H groups in total. The molecule has 0 spiro atoms. The van der Waals surface area contributed by atoms with Crippen molar-refractivity contribution in [1.82, 2.24) is 0 Å². The fraction of sp³-hybridized carbons (Fsp3) is 0.316. The molecular formula is C19H25N3O3S. The summed E-state index contributed by atoms with van der Waals surface area (Å²) >= 11 is 0. The maximum atomic E-state index is 12.2. The summed E-state index contributed by atoms with van der Waals surface area (Å²) in [5, 5.41) is 2.80. The Hall–Kier alpha value is -2.54. The molecule has 2 aromatic rings. The molecule has 0 saturated carbocycles. The molecule has 0 bridgehead atoms. The van der Waals surface area contributed by atoms with Crippen molar-refractivity contribution in [3.63, 3.8) is 0 Å². The predicted molar refractivity (Wildman–Crippen MR) is 107 cm³/mol. The number of benzene rings is 2. The Morgan fingerprint density at radius 1 is 1.04 bits per heavy atom. The van der Waals surface area contributed by atoms with Gasteiger partial charge in [-0.1, -0.05) is 12.1 Å². The first-order valence-electron chi connectivity index (χ1n) is 8.28. The van der Waals surface area contributed by atoms with Crippen molar-refractivity contribution in [2.24, 2.45) is 0 Å². The van der Waals surface area contributed by atoms with E-state index < -0.39 is 10.0 Å². The highest BCUT2D eigenvalue weighted by atomic mass is 32.2. The number of sulfonamides is 1. The maximum Gasteiger partial charge on any atom is 0.232 e. The number of aryl methyl sites for hydroxylation is 1. The van der Waals surface area contributed by atoms with Crippen molar-refractivity contribution in [2.45, 2.75) is 13.3 Å². The zero-order chi connectivity index (χ0) is 19.3. The summed E-state index contributed by atoms with van der Waals surface area (Å²) in [6, 6.07) is 14.7. The molecule has 140 valence electrons. The lowest BCUT2D eigenvalue weighted by Gasteiger charge is -2.23. The van der Waals surface area contributed by atoms with E-state index in [1.807, 2.05) is 56.3 Å². The van der Waals surface area contributed by atoms with Gasteiger partial charge >= 0.3 is 0 Å². The van der Waals surface area contributed by atoms with Crippen molar-refractivity contribution < 1.29 is 13.2 Å². The molecule has 2 rings (SSSR count). The Bertz CT molecular complexity index is 862. The molecule has 0 aliphatic heterocycles. The van der Waals surface area contributed by atoms with Crippen LogP contribution in [0.15, 0.2) is 48.5 Å². The van der Waals surface area contributed by atoms with Crippen LogP contribution in [0.1, 0.15) is 12.0 Å². The molecule has 1 amide bonds. The summed E-state index contributed by atoms with van der Waals surface area (Å²) in [4.78, 5) is 14.1. The average Bonchev–Trinajstić information content (AvgIpc) is 2.54. The monoisotopic (exact) mass is 375 g/mol. The number of amides is 1. The normalized spacial score (nSPS) is 11.1. The predicted octanol–water partition coefficient (Wildman–Crippen LogP) is 2.86. The van der Waals surface area contributed by atoms with Gasteiger partial charge in [-0.05, 0) is 48.9 Å². The molecule has 2 aromatic carbocycles. The van der Waals surface area contributed by atoms with Crippen LogP contribution in [0.5, 0.6) is 0 Å². The number of nitrogens with one attached hydrogen (secondary N) is 1. The summed E-state index contributed by atoms with van der Waals surface area (Å²) in [7, 11) is 0.345. The second-order valence-corrected chi connectivity index (χ2v) is 8.32. The van der Waals surface area contributed by atoms with Crippen LogP contribution in [0.3, 0.4) is 0 Å². The summed E-state index contributed by atoms with van der Waals surface area (Å²) < 4.78 is 25.6. The molecule has 0 radical (unpaired) electrons. The standard InChI is InChI=1S/C19H25N3O3S/c1-15-6-5-7-16(14-15)20-19(23)12-13-22(26(4,24)25)18-10-8-17(9-11-18)21(2)3/h5-11,14H,12-13H2,1-4H3,(H,20,23). The highest BCUT2D eigenvalue weighted by Crippen LogP contribution is 2.22. The second-order valence-electron chi connectivity index (χ2n) is 6.41. The van der Waals surface area contributed by atoms with Crippen molar-refractivity contribution in [3.05, 3.63) is 54.1 Å². The van der Waals surface area contributed by atoms with E-state index in [2.05, 4.69) is 5.32 Å². The highest BCUT2D eigenvalue weighted by Gasteiger charge is 2.18. The van der Waals surface area contributed by atoms with Gasteiger partial charge < -0.3 is 10.2 Å². The number of rotatable bonds is 7. The number of nitrogens with zero attached hydrogens (tertiary/aromatic N) is 2. The minimum atomic E-state index is -3.49. The van der Waals surface area contributed by atoms with Crippen LogP contribution in [0.4, 0.5) is 17.1 Å². The molecule has 0 fully saturated rings. The second kappa shape index (κ2) is 8.23. The van der Waals surface area contributed by atoms with Crippen molar-refractivity contribution in [3.8, 4) is 0 Å². The Balaban J connectivity index is 2.07. The zero-order valence-electron chi connectivity index (χ0n) is 15.6. The molecule has 0 atom stereocenters. The molecule has 0 aliphatic carbocycles. The molecule has 0 saturated heterocycles. The third-order valence-electron chi connectivity index (χ3n) is 3.90. The summed E-state index contributed by atoms with van der Waals surface area (Å²) in [6.07, 6.45) is 1.21. The van der Waals surface area contributed by atoms with Crippen molar-refractivity contribution in [2.75, 3.05) is 41.4 Å². The Kier molecular flexibility index (Phi) is 6.26. The third-order valence-corrected chi connectivity index (χ3v) is 5.09. The van der Waals surface area contributed by atoms with Gasteiger partial charge in [-0.2, -0.15) is 0 Å². The van der Waals surface area contributed by atoms with E-state index in [0.29, 0.717) is 11.4 Å². The SMILES string of the molecule is Cc1cccc(NC(=O)CCN(c2ccc(N(C)C)cc2)S(C)(=O)=O)c1. The van der Waals surface area contributed by atoms with Gasteiger partial charge in [-0.15, -0.1) is 0 Å². The molecule has 7 heteroatoms. The first-order valence-corrected chi connectivity index (χ1v) is 10.1. The van der Waals surface area contributed by atoms with E-state index in [9.17, 15) is 13.2 Å².